The fourth-order valence-electron chi connectivity index (χ4n) is 20.3. The van der Waals surface area contributed by atoms with Crippen LogP contribution in [0.3, 0.4) is 0 Å². The molecule has 0 unspecified atom stereocenters. The number of fused-ring (bicyclic) bond motifs is 18. The number of hydrogen-bond donors (Lipinski definition) is 0. The van der Waals surface area contributed by atoms with Crippen molar-refractivity contribution in [1.29, 1.82) is 0 Å². The van der Waals surface area contributed by atoms with E-state index < -0.39 is 11.9 Å². The summed E-state index contributed by atoms with van der Waals surface area (Å²) in [5, 5.41) is 22.7. The normalized spacial score (nSPS) is 14.4. The summed E-state index contributed by atoms with van der Waals surface area (Å²) >= 11 is 0. The first-order chi connectivity index (χ1) is 67.3. The topological polar surface area (TPSA) is 202 Å². The summed E-state index contributed by atoms with van der Waals surface area (Å²) in [7, 11) is 0. The van der Waals surface area contributed by atoms with Crippen molar-refractivity contribution < 1.29 is 57.0 Å². The van der Waals surface area contributed by atoms with E-state index >= 15 is 9.59 Å². The van der Waals surface area contributed by atoms with Crippen molar-refractivity contribution in [2.45, 2.75) is 157 Å². The predicted molar refractivity (Wildman–Crippen MR) is 565 cm³/mol. The van der Waals surface area contributed by atoms with E-state index in [1.165, 1.54) is 0 Å². The number of esters is 2. The molecular formula is C126H105N9Ni2O6. The minimum absolute atomic E-state index is 0. The van der Waals surface area contributed by atoms with Gasteiger partial charge in [-0.3, -0.25) is 10.1 Å². The third-order valence-electron chi connectivity index (χ3n) is 28.0. The van der Waals surface area contributed by atoms with Crippen LogP contribution in [0.15, 0.2) is 346 Å². The summed E-state index contributed by atoms with van der Waals surface area (Å²) in [5.74, 6) is -1.05. The zero-order valence-electron chi connectivity index (χ0n) is 83.1. The first kappa shape index (κ1) is 95.3. The number of nitro groups is 1. The molecule has 16 aromatic rings. The fraction of sp³-hybridized carbons (Fsp3) is 0.190. The first-order valence-electron chi connectivity index (χ1n) is 48.3. The van der Waals surface area contributed by atoms with E-state index in [1.807, 2.05) is 121 Å². The van der Waals surface area contributed by atoms with Crippen LogP contribution < -0.4 is 41.3 Å². The molecule has 12 aromatic carbocycles. The number of aliphatic imine (C=N–C) groups is 2. The maximum Gasteiger partial charge on any atom is 2.00 e. The van der Waals surface area contributed by atoms with Crippen molar-refractivity contribution in [3.63, 3.8) is 0 Å². The maximum absolute atomic E-state index is 16.1. The minimum Gasteiger partial charge on any atom is -0.657 e. The summed E-state index contributed by atoms with van der Waals surface area (Å²) in [6.45, 7) is 39.4. The average Bonchev–Trinajstić information content (AvgIpc) is 1.56. The quantitative estimate of drug-likeness (QED) is 0.0490. The molecule has 6 aliphatic heterocycles. The molecule has 15 nitrogen and oxygen atoms in total. The minimum atomic E-state index is -0.657. The molecule has 17 heteroatoms. The Kier molecular flexibility index (Phi) is 23.6. The van der Waals surface area contributed by atoms with E-state index in [-0.39, 0.29) is 133 Å². The van der Waals surface area contributed by atoms with Crippen LogP contribution in [0.4, 0.5) is 0 Å². The van der Waals surface area contributed by atoms with Crippen LogP contribution in [-0.4, -0.2) is 28.3 Å². The number of nitrogens with zero attached hydrogens (tertiary/aromatic N) is 9. The number of benzene rings is 12. The van der Waals surface area contributed by atoms with Gasteiger partial charge in [0.2, 0.25) is 0 Å². The molecule has 710 valence electrons. The molecule has 6 aliphatic rings. The SMILES string of the molecule is CC(C)(C)c1ccc(C2=C3C=CC(=N3)C(c3ccc(C(C)(C)C)cc3)=c3ccc([n-]3)=c3c4c(c(-c5ccccc5)c5cc(C(C)(C)C)ccc35)C(OC(=O)c3ccccc3)=C(N=4)c3cc(-c4cc5[n-]c4C(c4ccc(C(C)(C)C)cc4)=C4C=C([N+](=O)[O-])C(=N4)C(c4ccc(C(C)(C)C)cc4)=c4ccc([n-]4)=c4c6c(c(-c7ccccc7)c7cc(C(C)(C)C)ccc47)C(OC(=O)c4ccccc4)=C5N=6)c2[n-]3)cc1.[Ni+2].[Ni+2]. The Bertz CT molecular complexity index is 8870. The van der Waals surface area contributed by atoms with Gasteiger partial charge in [-0.15, -0.1) is 44.2 Å². The van der Waals surface area contributed by atoms with Crippen LogP contribution in [-0.2, 0) is 74.9 Å². The van der Waals surface area contributed by atoms with Crippen LogP contribution in [0.2, 0.25) is 0 Å². The zero-order valence-corrected chi connectivity index (χ0v) is 85.0. The predicted octanol–water partition coefficient (Wildman–Crippen LogP) is 25.4. The number of ether oxygens (including phenoxy) is 2. The van der Waals surface area contributed by atoms with Gasteiger partial charge in [-0.25, -0.2) is 29.6 Å². The zero-order chi connectivity index (χ0) is 98.2. The Morgan fingerprint density at radius 3 is 1.02 bits per heavy atom. The van der Waals surface area contributed by atoms with Crippen LogP contribution >= 0.6 is 0 Å². The van der Waals surface area contributed by atoms with Crippen LogP contribution in [0.1, 0.15) is 235 Å². The third kappa shape index (κ3) is 16.9. The molecule has 143 heavy (non-hydrogen) atoms. The molecule has 22 rings (SSSR count). The summed E-state index contributed by atoms with van der Waals surface area (Å²) in [4.78, 5) is 94.6. The smallest absolute Gasteiger partial charge is 0.657 e. The van der Waals surface area contributed by atoms with Crippen LogP contribution in [0.25, 0.3) is 100 Å². The summed E-state index contributed by atoms with van der Waals surface area (Å²) < 4.78 is 14.7. The van der Waals surface area contributed by atoms with Gasteiger partial charge in [-0.1, -0.05) is 379 Å². The Hall–Kier alpha value is -15.3. The number of rotatable bonds is 12. The van der Waals surface area contributed by atoms with Gasteiger partial charge in [0, 0.05) is 17.2 Å². The van der Waals surface area contributed by atoms with Gasteiger partial charge in [0.25, 0.3) is 5.70 Å². The standard InChI is InChI=1S/C126H105N9O6.2Ni/c1-121(2,3)78-47-39-72(40-48-78)102-90-59-61-92(127-90)103(73-41-49-79(50-42-73)122(4,5)6)110-88(67-97(131-110)112-117(140-119(136)76-35-27-21-28-36-76)108-100(70-31-23-19-24-32-70)86-65-82(125(13,14)15)55-57-84(86)106(115(108)133-112)94-63-60-91(102)128-94)89-68-98-113-118(141-120(137)77-37-29-22-30-38-77)109-101(71-33-25-20-26-34-71)87-66-83(126(16,17)18)56-58-85(87)107(116(109)134-113)95-64-62-93(129-95)104(74-43-51-80(52-44-74)123(7,8)9)114-99(135(138)139)69-96(130-114)105(111(89)132-98)75-45-53-81(54-46-75)124(10,11)12;;/h19-69H,1-18H3;;/q-4;2*+2. The molecular weight excluding hydrogens is 1850 g/mol. The van der Waals surface area contributed by atoms with Crippen molar-refractivity contribution in [3.05, 3.63) is 480 Å². The molecule has 0 amide bonds. The van der Waals surface area contributed by atoms with E-state index in [1.54, 1.807) is 30.3 Å². The van der Waals surface area contributed by atoms with E-state index in [4.69, 9.17) is 49.4 Å². The molecule has 0 spiro atoms. The molecule has 4 aromatic heterocycles. The molecule has 0 fully saturated rings. The summed E-state index contributed by atoms with van der Waals surface area (Å²) in [5.41, 5.74) is 18.0. The van der Waals surface area contributed by atoms with E-state index in [2.05, 4.69) is 282 Å². The van der Waals surface area contributed by atoms with Gasteiger partial charge < -0.3 is 29.4 Å². The molecule has 0 aliphatic carbocycles. The fourth-order valence-corrected chi connectivity index (χ4v) is 20.3. The van der Waals surface area contributed by atoms with Crippen molar-refractivity contribution in [3.8, 4) is 33.4 Å². The summed E-state index contributed by atoms with van der Waals surface area (Å²) in [6.07, 6.45) is 5.70. The second kappa shape index (κ2) is 35.4. The van der Waals surface area contributed by atoms with E-state index in [9.17, 15) is 10.1 Å². The number of carbonyl (C=O) groups excluding carboxylic acids is 2. The van der Waals surface area contributed by atoms with Crippen LogP contribution in [0, 0.1) is 31.2 Å². The first-order valence-corrected chi connectivity index (χ1v) is 48.3. The number of hydrogen-bond acceptors (Lipinski definition) is 10. The Labute approximate surface area is 851 Å². The second-order valence-corrected chi connectivity index (χ2v) is 43.7. The number of allylic oxidation sites excluding steroid dienone is 4. The van der Waals surface area contributed by atoms with Gasteiger partial charge in [0.15, 0.2) is 11.5 Å². The molecule has 0 radical (unpaired) electrons. The van der Waals surface area contributed by atoms with Crippen molar-refractivity contribution in [2.75, 3.05) is 0 Å². The van der Waals surface area contributed by atoms with Gasteiger partial charge in [-0.2, -0.15) is 0 Å². The molecule has 0 N–H and O–H groups in total. The van der Waals surface area contributed by atoms with Gasteiger partial charge in [0.1, 0.15) is 5.71 Å². The Balaban J connectivity index is 0.00000625. The van der Waals surface area contributed by atoms with Crippen molar-refractivity contribution >= 4 is 90.1 Å². The van der Waals surface area contributed by atoms with Crippen molar-refractivity contribution in [2.24, 2.45) is 20.0 Å². The molecule has 0 saturated carbocycles. The molecule has 10 heterocycles. The number of carbonyl (C=O) groups is 2. The van der Waals surface area contributed by atoms with E-state index in [0.29, 0.717) is 115 Å². The van der Waals surface area contributed by atoms with E-state index in [0.717, 1.165) is 93.9 Å². The van der Waals surface area contributed by atoms with Gasteiger partial charge in [0.05, 0.1) is 66.4 Å². The number of aromatic nitrogens is 4. The second-order valence-electron chi connectivity index (χ2n) is 43.7. The van der Waals surface area contributed by atoms with Gasteiger partial charge in [-0.05, 0) is 213 Å². The Morgan fingerprint density at radius 1 is 0.315 bits per heavy atom. The monoisotopic (exact) mass is 1960 g/mol. The maximum atomic E-state index is 16.1. The third-order valence-corrected chi connectivity index (χ3v) is 28.0. The Morgan fingerprint density at radius 2 is 0.650 bits per heavy atom. The molecule has 0 saturated heterocycles. The average molecular weight is 1960 g/mol. The molecule has 0 atom stereocenters. The largest absolute Gasteiger partial charge is 2.00 e. The molecule has 16 bridgehead atoms. The van der Waals surface area contributed by atoms with Crippen molar-refractivity contribution in [1.82, 2.24) is 19.9 Å². The van der Waals surface area contributed by atoms with Crippen LogP contribution in [0.5, 0.6) is 0 Å². The van der Waals surface area contributed by atoms with Gasteiger partial charge >= 0.3 is 44.9 Å². The summed E-state index contributed by atoms with van der Waals surface area (Å²) in [6, 6.07) is 97.4.